The van der Waals surface area contributed by atoms with E-state index in [-0.39, 0.29) is 6.10 Å². The molecule has 2 nitrogen and oxygen atoms in total. The lowest BCUT2D eigenvalue weighted by atomic mass is 9.57. The second-order valence-corrected chi connectivity index (χ2v) is 6.47. The summed E-state index contributed by atoms with van der Waals surface area (Å²) in [5.41, 5.74) is 0. The summed E-state index contributed by atoms with van der Waals surface area (Å²) >= 11 is 0. The van der Waals surface area contributed by atoms with Crippen LogP contribution in [-0.2, 0) is 4.74 Å². The summed E-state index contributed by atoms with van der Waals surface area (Å²) in [5.74, 6) is 2.80. The van der Waals surface area contributed by atoms with E-state index in [2.05, 4.69) is 9.24 Å². The fourth-order valence-corrected chi connectivity index (χ4v) is 4.99. The van der Waals surface area contributed by atoms with Crippen LogP contribution in [0.4, 0.5) is 0 Å². The third-order valence-corrected chi connectivity index (χ3v) is 5.74. The molecular weight excluding hydrogens is 255 g/mol. The van der Waals surface area contributed by atoms with Gasteiger partial charge in [0.1, 0.15) is 0 Å². The average molecular weight is 286 g/mol. The predicted octanol–water partition coefficient (Wildman–Crippen LogP) is 3.48. The lowest BCUT2D eigenvalue weighted by Gasteiger charge is -2.51. The first-order chi connectivity index (χ1) is 9.31. The van der Waals surface area contributed by atoms with Crippen molar-refractivity contribution in [3.8, 4) is 0 Å². The zero-order chi connectivity index (χ0) is 13.8. The molecule has 19 heavy (non-hydrogen) atoms. The van der Waals surface area contributed by atoms with Crippen molar-refractivity contribution in [2.45, 2.75) is 63.6 Å². The van der Waals surface area contributed by atoms with Crippen LogP contribution < -0.4 is 0 Å². The van der Waals surface area contributed by atoms with Gasteiger partial charge in [0, 0.05) is 7.11 Å². The highest BCUT2D eigenvalue weighted by Crippen LogP contribution is 2.51. The van der Waals surface area contributed by atoms with E-state index in [4.69, 9.17) is 4.74 Å². The van der Waals surface area contributed by atoms with Crippen molar-refractivity contribution in [1.82, 2.24) is 0 Å². The van der Waals surface area contributed by atoms with E-state index in [0.717, 1.165) is 18.3 Å². The molecule has 3 fully saturated rings. The SMILES string of the molecule is COC1C2CCCCC2CC2C(O)CCCC21.CP. The van der Waals surface area contributed by atoms with Crippen molar-refractivity contribution in [2.24, 2.45) is 23.7 Å². The zero-order valence-electron chi connectivity index (χ0n) is 12.6. The Hall–Kier alpha value is 0.350. The van der Waals surface area contributed by atoms with Gasteiger partial charge in [-0.05, 0) is 49.4 Å². The average Bonchev–Trinajstić information content (AvgIpc) is 2.48. The maximum atomic E-state index is 10.3. The van der Waals surface area contributed by atoms with Crippen LogP contribution in [0.3, 0.4) is 0 Å². The molecule has 3 saturated carbocycles. The van der Waals surface area contributed by atoms with Gasteiger partial charge in [0.05, 0.1) is 12.2 Å². The maximum absolute atomic E-state index is 10.3. The van der Waals surface area contributed by atoms with Gasteiger partial charge in [0.25, 0.3) is 0 Å². The van der Waals surface area contributed by atoms with Crippen molar-refractivity contribution in [2.75, 3.05) is 13.8 Å². The third kappa shape index (κ3) is 3.17. The largest absolute Gasteiger partial charge is 0.393 e. The van der Waals surface area contributed by atoms with E-state index in [1.54, 1.807) is 0 Å². The molecule has 3 aliphatic rings. The van der Waals surface area contributed by atoms with Gasteiger partial charge in [-0.3, -0.25) is 0 Å². The number of hydrogen-bond donors (Lipinski definition) is 1. The summed E-state index contributed by atoms with van der Waals surface area (Å²) < 4.78 is 5.87. The fourth-order valence-electron chi connectivity index (χ4n) is 4.99. The van der Waals surface area contributed by atoms with Crippen LogP contribution in [0.25, 0.3) is 0 Å². The maximum Gasteiger partial charge on any atom is 0.0633 e. The molecule has 0 amide bonds. The molecule has 7 unspecified atom stereocenters. The second kappa shape index (κ2) is 7.38. The van der Waals surface area contributed by atoms with Crippen LogP contribution in [0.15, 0.2) is 0 Å². The molecule has 0 saturated heterocycles. The summed E-state index contributed by atoms with van der Waals surface area (Å²) in [7, 11) is 4.31. The minimum atomic E-state index is -0.0470. The Morgan fingerprint density at radius 3 is 2.32 bits per heavy atom. The molecular formula is C16H31O2P. The van der Waals surface area contributed by atoms with Gasteiger partial charge in [-0.2, -0.15) is 0 Å². The molecule has 0 spiro atoms. The van der Waals surface area contributed by atoms with Crippen LogP contribution in [0.1, 0.15) is 51.4 Å². The first-order valence-electron chi connectivity index (χ1n) is 8.10. The molecule has 0 aromatic rings. The summed E-state index contributed by atoms with van der Waals surface area (Å²) in [6, 6.07) is 0. The Morgan fingerprint density at radius 1 is 0.895 bits per heavy atom. The van der Waals surface area contributed by atoms with E-state index in [1.807, 2.05) is 13.8 Å². The van der Waals surface area contributed by atoms with E-state index < -0.39 is 0 Å². The summed E-state index contributed by atoms with van der Waals surface area (Å²) in [6.45, 7) is 1.92. The van der Waals surface area contributed by atoms with Crippen molar-refractivity contribution in [1.29, 1.82) is 0 Å². The van der Waals surface area contributed by atoms with Crippen LogP contribution in [0, 0.1) is 23.7 Å². The summed E-state index contributed by atoms with van der Waals surface area (Å²) in [4.78, 5) is 0. The molecule has 0 aromatic heterocycles. The minimum Gasteiger partial charge on any atom is -0.393 e. The predicted molar refractivity (Wildman–Crippen MR) is 83.3 cm³/mol. The Morgan fingerprint density at radius 2 is 1.58 bits per heavy atom. The zero-order valence-corrected chi connectivity index (χ0v) is 13.7. The highest BCUT2D eigenvalue weighted by atomic mass is 31.0. The third-order valence-electron chi connectivity index (χ3n) is 5.74. The molecule has 0 bridgehead atoms. The Labute approximate surface area is 120 Å². The monoisotopic (exact) mass is 286 g/mol. The van der Waals surface area contributed by atoms with Gasteiger partial charge in [0.15, 0.2) is 0 Å². The quantitative estimate of drug-likeness (QED) is 0.748. The topological polar surface area (TPSA) is 29.5 Å². The van der Waals surface area contributed by atoms with Gasteiger partial charge in [0.2, 0.25) is 0 Å². The highest BCUT2D eigenvalue weighted by molar-refractivity contribution is 7.15. The molecule has 0 heterocycles. The minimum absolute atomic E-state index is 0.0470. The van der Waals surface area contributed by atoms with E-state index >= 15 is 0 Å². The molecule has 0 radical (unpaired) electrons. The summed E-state index contributed by atoms with van der Waals surface area (Å²) in [5, 5.41) is 10.3. The number of hydrogen-bond acceptors (Lipinski definition) is 2. The van der Waals surface area contributed by atoms with Crippen LogP contribution in [0.5, 0.6) is 0 Å². The van der Waals surface area contributed by atoms with Crippen molar-refractivity contribution in [3.63, 3.8) is 0 Å². The fraction of sp³-hybridized carbons (Fsp3) is 1.00. The normalized spacial score (nSPS) is 45.5. The van der Waals surface area contributed by atoms with Gasteiger partial charge in [-0.25, -0.2) is 0 Å². The number of methoxy groups -OCH3 is 1. The van der Waals surface area contributed by atoms with Gasteiger partial charge < -0.3 is 9.84 Å². The standard InChI is InChI=1S/C15H26O2.CH5P/c1-17-15-11-6-3-2-5-10(11)9-13-12(15)7-4-8-14(13)16;1-2/h10-16H,2-9H2,1H3;2H2,1H3. The lowest BCUT2D eigenvalue weighted by molar-refractivity contribution is -0.126. The molecule has 1 N–H and O–H groups in total. The first kappa shape index (κ1) is 15.7. The van der Waals surface area contributed by atoms with Gasteiger partial charge >= 0.3 is 0 Å². The Kier molecular flexibility index (Phi) is 6.11. The molecule has 112 valence electrons. The van der Waals surface area contributed by atoms with Crippen molar-refractivity contribution in [3.05, 3.63) is 0 Å². The number of fused-ring (bicyclic) bond motifs is 2. The van der Waals surface area contributed by atoms with E-state index in [9.17, 15) is 5.11 Å². The Bertz CT molecular complexity index is 271. The molecule has 3 aliphatic carbocycles. The molecule has 7 atom stereocenters. The first-order valence-corrected chi connectivity index (χ1v) is 9.25. The van der Waals surface area contributed by atoms with E-state index in [0.29, 0.717) is 17.9 Å². The molecule has 3 heteroatoms. The van der Waals surface area contributed by atoms with Gasteiger partial charge in [-0.15, -0.1) is 9.24 Å². The van der Waals surface area contributed by atoms with Gasteiger partial charge in [-0.1, -0.05) is 32.3 Å². The number of aliphatic hydroxyl groups excluding tert-OH is 1. The van der Waals surface area contributed by atoms with Crippen LogP contribution in [-0.4, -0.2) is 31.1 Å². The van der Waals surface area contributed by atoms with E-state index in [1.165, 1.54) is 44.9 Å². The molecule has 0 aromatic carbocycles. The van der Waals surface area contributed by atoms with Crippen molar-refractivity contribution >= 4 is 9.24 Å². The second-order valence-electron chi connectivity index (χ2n) is 6.47. The van der Waals surface area contributed by atoms with Crippen molar-refractivity contribution < 1.29 is 9.84 Å². The number of aliphatic hydroxyl groups is 1. The van der Waals surface area contributed by atoms with Crippen LogP contribution >= 0.6 is 9.24 Å². The molecule has 3 rings (SSSR count). The summed E-state index contributed by atoms with van der Waals surface area (Å²) in [6.07, 6.45) is 10.7. The number of rotatable bonds is 1. The highest BCUT2D eigenvalue weighted by Gasteiger charge is 2.48. The lowest BCUT2D eigenvalue weighted by Crippen LogP contribution is -2.51. The Balaban J connectivity index is 0.000000637. The van der Waals surface area contributed by atoms with Crippen LogP contribution in [0.2, 0.25) is 0 Å². The number of ether oxygens (including phenoxy) is 1. The smallest absolute Gasteiger partial charge is 0.0633 e. The molecule has 0 aliphatic heterocycles.